The molecule has 0 atom stereocenters. The molecule has 0 aliphatic heterocycles. The van der Waals surface area contributed by atoms with Crippen LogP contribution in [-0.2, 0) is 13.0 Å². The van der Waals surface area contributed by atoms with Crippen LogP contribution in [0.3, 0.4) is 0 Å². The molecule has 0 saturated heterocycles. The molecule has 0 fully saturated rings. The third-order valence-corrected chi connectivity index (χ3v) is 3.84. The summed E-state index contributed by atoms with van der Waals surface area (Å²) in [5, 5.41) is 0. The van der Waals surface area contributed by atoms with E-state index in [9.17, 15) is 14.4 Å². The third-order valence-electron chi connectivity index (χ3n) is 2.79. The Labute approximate surface area is 113 Å². The molecule has 0 bridgehead atoms. The fourth-order valence-electron chi connectivity index (χ4n) is 1.74. The summed E-state index contributed by atoms with van der Waals surface area (Å²) in [6.07, 6.45) is 1.97. The minimum absolute atomic E-state index is 0.0530. The second-order valence-corrected chi connectivity index (χ2v) is 5.52. The summed E-state index contributed by atoms with van der Waals surface area (Å²) in [7, 11) is 0. The topological polar surface area (TPSA) is 71.9 Å². The van der Waals surface area contributed by atoms with Crippen molar-refractivity contribution >= 4 is 17.1 Å². The van der Waals surface area contributed by atoms with Gasteiger partial charge in [0.1, 0.15) is 0 Å². The predicted octanol–water partition coefficient (Wildman–Crippen LogP) is 1.35. The molecule has 2 aromatic heterocycles. The van der Waals surface area contributed by atoms with Gasteiger partial charge >= 0.3 is 5.69 Å². The first-order chi connectivity index (χ1) is 9.01. The number of aromatic amines is 1. The second kappa shape index (κ2) is 5.36. The number of H-pyrrole nitrogens is 1. The lowest BCUT2D eigenvalue weighted by atomic mass is 10.2. The third kappa shape index (κ3) is 2.90. The van der Waals surface area contributed by atoms with Crippen molar-refractivity contribution in [2.75, 3.05) is 0 Å². The lowest BCUT2D eigenvalue weighted by Gasteiger charge is -2.05. The number of aromatic nitrogens is 2. The number of carbonyl (C=O) groups excluding carboxylic acids is 1. The summed E-state index contributed by atoms with van der Waals surface area (Å²) >= 11 is 1.40. The largest absolute Gasteiger partial charge is 0.328 e. The van der Waals surface area contributed by atoms with Crippen LogP contribution in [0.15, 0.2) is 27.9 Å². The van der Waals surface area contributed by atoms with Gasteiger partial charge in [-0.15, -0.1) is 11.3 Å². The normalized spacial score (nSPS) is 10.6. The van der Waals surface area contributed by atoms with E-state index in [1.54, 1.807) is 6.07 Å². The van der Waals surface area contributed by atoms with Gasteiger partial charge in [0.15, 0.2) is 5.78 Å². The maximum Gasteiger partial charge on any atom is 0.328 e. The molecule has 5 nitrogen and oxygen atoms in total. The first-order valence-electron chi connectivity index (χ1n) is 5.93. The number of rotatable bonds is 4. The number of thiophene rings is 1. The quantitative estimate of drug-likeness (QED) is 0.858. The van der Waals surface area contributed by atoms with E-state index in [4.69, 9.17) is 0 Å². The van der Waals surface area contributed by atoms with Gasteiger partial charge in [-0.2, -0.15) is 0 Å². The Morgan fingerprint density at radius 2 is 2.11 bits per heavy atom. The fraction of sp³-hybridized carbons (Fsp3) is 0.308. The molecule has 0 radical (unpaired) electrons. The van der Waals surface area contributed by atoms with E-state index in [1.165, 1.54) is 22.1 Å². The molecule has 19 heavy (non-hydrogen) atoms. The van der Waals surface area contributed by atoms with Crippen molar-refractivity contribution in [3.63, 3.8) is 0 Å². The van der Waals surface area contributed by atoms with Crippen LogP contribution in [0.4, 0.5) is 0 Å². The Balaban J connectivity index is 2.31. The van der Waals surface area contributed by atoms with Gasteiger partial charge in [-0.3, -0.25) is 19.1 Å². The average molecular weight is 278 g/mol. The van der Waals surface area contributed by atoms with Crippen molar-refractivity contribution in [1.82, 2.24) is 9.55 Å². The first-order valence-corrected chi connectivity index (χ1v) is 6.75. The molecule has 0 unspecified atom stereocenters. The summed E-state index contributed by atoms with van der Waals surface area (Å²) in [5.74, 6) is -0.130. The number of carbonyl (C=O) groups is 1. The van der Waals surface area contributed by atoms with E-state index in [2.05, 4.69) is 4.98 Å². The molecule has 2 heterocycles. The van der Waals surface area contributed by atoms with Crippen LogP contribution in [0.1, 0.15) is 27.0 Å². The standard InChI is InChI=1S/C13H14N2O3S/c1-3-9-6-15(13(18)14-12(9)17)7-10(16)11-5-4-8(2)19-11/h4-6H,3,7H2,1-2H3,(H,14,17,18). The Morgan fingerprint density at radius 3 is 2.68 bits per heavy atom. The number of aryl methyl sites for hydroxylation is 2. The van der Waals surface area contributed by atoms with Crippen LogP contribution >= 0.6 is 11.3 Å². The lowest BCUT2D eigenvalue weighted by Crippen LogP contribution is -2.33. The number of ketones is 1. The molecule has 0 spiro atoms. The van der Waals surface area contributed by atoms with Crippen LogP contribution in [-0.4, -0.2) is 15.3 Å². The Kier molecular flexibility index (Phi) is 3.80. The highest BCUT2D eigenvalue weighted by molar-refractivity contribution is 7.14. The number of Topliss-reactive ketones (excluding diaryl/α,β-unsaturated/α-hetero) is 1. The molecule has 0 aromatic carbocycles. The molecule has 6 heteroatoms. The monoisotopic (exact) mass is 278 g/mol. The van der Waals surface area contributed by atoms with Gasteiger partial charge in [0.2, 0.25) is 0 Å². The Morgan fingerprint density at radius 1 is 1.37 bits per heavy atom. The number of nitrogens with zero attached hydrogens (tertiary/aromatic N) is 1. The van der Waals surface area contributed by atoms with Gasteiger partial charge in [0, 0.05) is 16.6 Å². The van der Waals surface area contributed by atoms with Gasteiger partial charge < -0.3 is 0 Å². The number of hydrogen-bond donors (Lipinski definition) is 1. The van der Waals surface area contributed by atoms with Crippen molar-refractivity contribution < 1.29 is 4.79 Å². The maximum absolute atomic E-state index is 12.0. The van der Waals surface area contributed by atoms with Crippen molar-refractivity contribution in [2.45, 2.75) is 26.8 Å². The molecule has 100 valence electrons. The van der Waals surface area contributed by atoms with Crippen LogP contribution < -0.4 is 11.2 Å². The molecular formula is C13H14N2O3S. The van der Waals surface area contributed by atoms with Crippen LogP contribution in [0.25, 0.3) is 0 Å². The smallest absolute Gasteiger partial charge is 0.292 e. The molecular weight excluding hydrogens is 264 g/mol. The fourth-order valence-corrected chi connectivity index (χ4v) is 2.54. The minimum atomic E-state index is -0.552. The number of hydrogen-bond acceptors (Lipinski definition) is 4. The van der Waals surface area contributed by atoms with Gasteiger partial charge in [-0.1, -0.05) is 6.92 Å². The molecule has 2 rings (SSSR count). The highest BCUT2D eigenvalue weighted by Gasteiger charge is 2.11. The van der Waals surface area contributed by atoms with Crippen LogP contribution in [0, 0.1) is 6.92 Å². The zero-order chi connectivity index (χ0) is 14.0. The highest BCUT2D eigenvalue weighted by atomic mass is 32.1. The van der Waals surface area contributed by atoms with Gasteiger partial charge in [0.25, 0.3) is 5.56 Å². The molecule has 0 aliphatic rings. The van der Waals surface area contributed by atoms with Gasteiger partial charge in [-0.05, 0) is 25.5 Å². The zero-order valence-electron chi connectivity index (χ0n) is 10.7. The molecule has 1 N–H and O–H groups in total. The molecule has 0 amide bonds. The van der Waals surface area contributed by atoms with E-state index in [-0.39, 0.29) is 17.9 Å². The van der Waals surface area contributed by atoms with E-state index in [1.807, 2.05) is 19.9 Å². The summed E-state index contributed by atoms with van der Waals surface area (Å²) in [6.45, 7) is 3.69. The van der Waals surface area contributed by atoms with Gasteiger partial charge in [-0.25, -0.2) is 4.79 Å². The zero-order valence-corrected chi connectivity index (χ0v) is 11.5. The summed E-state index contributed by atoms with van der Waals surface area (Å²) < 4.78 is 1.25. The highest BCUT2D eigenvalue weighted by Crippen LogP contribution is 2.15. The number of nitrogens with one attached hydrogen (secondary N) is 1. The van der Waals surface area contributed by atoms with Crippen molar-refractivity contribution in [1.29, 1.82) is 0 Å². The SMILES string of the molecule is CCc1cn(CC(=O)c2ccc(C)s2)c(=O)[nH]c1=O. The van der Waals surface area contributed by atoms with E-state index < -0.39 is 5.69 Å². The molecule has 0 aliphatic carbocycles. The average Bonchev–Trinajstić information content (AvgIpc) is 2.79. The van der Waals surface area contributed by atoms with Crippen molar-refractivity contribution in [2.24, 2.45) is 0 Å². The molecule has 0 saturated carbocycles. The van der Waals surface area contributed by atoms with Crippen LogP contribution in [0.5, 0.6) is 0 Å². The van der Waals surface area contributed by atoms with Crippen molar-refractivity contribution in [3.05, 3.63) is 54.5 Å². The maximum atomic E-state index is 12.0. The summed E-state index contributed by atoms with van der Waals surface area (Å²) in [4.78, 5) is 39.0. The summed E-state index contributed by atoms with van der Waals surface area (Å²) in [5.41, 5.74) is -0.443. The van der Waals surface area contributed by atoms with E-state index >= 15 is 0 Å². The Bertz CT molecular complexity index is 724. The Hall–Kier alpha value is -1.95. The van der Waals surface area contributed by atoms with E-state index in [0.29, 0.717) is 16.9 Å². The van der Waals surface area contributed by atoms with E-state index in [0.717, 1.165) is 4.88 Å². The van der Waals surface area contributed by atoms with Gasteiger partial charge in [0.05, 0.1) is 11.4 Å². The van der Waals surface area contributed by atoms with Crippen molar-refractivity contribution in [3.8, 4) is 0 Å². The molecule has 2 aromatic rings. The summed E-state index contributed by atoms with van der Waals surface area (Å²) in [6, 6.07) is 3.62. The second-order valence-electron chi connectivity index (χ2n) is 4.23. The predicted molar refractivity (Wildman–Crippen MR) is 74.1 cm³/mol. The first kappa shape index (κ1) is 13.5. The minimum Gasteiger partial charge on any atom is -0.292 e. The van der Waals surface area contributed by atoms with Crippen LogP contribution in [0.2, 0.25) is 0 Å². The lowest BCUT2D eigenvalue weighted by molar-refractivity contribution is 0.0974.